The Morgan fingerprint density at radius 1 is 1.17 bits per heavy atom. The largest absolute Gasteiger partial charge is 0.468 e. The number of nitrogens with zero attached hydrogens (tertiary/aromatic N) is 2. The van der Waals surface area contributed by atoms with Crippen LogP contribution in [-0.2, 0) is 15.3 Å². The molecule has 0 aliphatic heterocycles. The SMILES string of the molecule is COC(=O)CSCc1cccc(-c2nc(=O)c3ccccc3s2)n1. The first kappa shape index (κ1) is 16.6. The van der Waals surface area contributed by atoms with E-state index in [0.29, 0.717) is 21.8 Å². The Kier molecular flexibility index (Phi) is 5.22. The van der Waals surface area contributed by atoms with Crippen molar-refractivity contribution in [1.29, 1.82) is 0 Å². The van der Waals surface area contributed by atoms with E-state index in [-0.39, 0.29) is 17.3 Å². The van der Waals surface area contributed by atoms with Gasteiger partial charge < -0.3 is 4.74 Å². The van der Waals surface area contributed by atoms with E-state index in [1.807, 2.05) is 36.4 Å². The van der Waals surface area contributed by atoms with Gasteiger partial charge in [-0.1, -0.05) is 18.2 Å². The lowest BCUT2D eigenvalue weighted by Gasteiger charge is -2.04. The van der Waals surface area contributed by atoms with Crippen molar-refractivity contribution in [3.63, 3.8) is 0 Å². The Morgan fingerprint density at radius 2 is 2.00 bits per heavy atom. The minimum atomic E-state index is -0.259. The van der Waals surface area contributed by atoms with E-state index in [0.717, 1.165) is 10.4 Å². The fourth-order valence-electron chi connectivity index (χ4n) is 2.10. The van der Waals surface area contributed by atoms with Gasteiger partial charge in [0.05, 0.1) is 29.6 Å². The summed E-state index contributed by atoms with van der Waals surface area (Å²) in [6, 6.07) is 13.0. The van der Waals surface area contributed by atoms with Gasteiger partial charge in [0, 0.05) is 10.5 Å². The second kappa shape index (κ2) is 7.55. The van der Waals surface area contributed by atoms with Crippen molar-refractivity contribution >= 4 is 39.2 Å². The topological polar surface area (TPSA) is 69.2 Å². The highest BCUT2D eigenvalue weighted by atomic mass is 32.2. The lowest BCUT2D eigenvalue weighted by atomic mass is 10.3. The van der Waals surface area contributed by atoms with Gasteiger partial charge in [-0.15, -0.1) is 23.1 Å². The minimum absolute atomic E-state index is 0.244. The number of methoxy groups -OCH3 is 1. The maximum absolute atomic E-state index is 12.2. The third-order valence-electron chi connectivity index (χ3n) is 3.25. The highest BCUT2D eigenvalue weighted by Gasteiger charge is 2.09. The second-order valence-electron chi connectivity index (χ2n) is 4.90. The predicted molar refractivity (Wildman–Crippen MR) is 97.3 cm³/mol. The lowest BCUT2D eigenvalue weighted by molar-refractivity contribution is -0.137. The van der Waals surface area contributed by atoms with Gasteiger partial charge in [0.15, 0.2) is 0 Å². The summed E-state index contributed by atoms with van der Waals surface area (Å²) in [5.41, 5.74) is 1.25. The molecule has 0 atom stereocenters. The van der Waals surface area contributed by atoms with Crippen LogP contribution in [0.3, 0.4) is 0 Å². The highest BCUT2D eigenvalue weighted by molar-refractivity contribution is 7.99. The monoisotopic (exact) mass is 358 g/mol. The number of esters is 1. The Hall–Kier alpha value is -2.25. The van der Waals surface area contributed by atoms with Crippen LogP contribution in [0.2, 0.25) is 0 Å². The molecule has 0 radical (unpaired) electrons. The van der Waals surface area contributed by atoms with Crippen molar-refractivity contribution in [3.05, 3.63) is 58.5 Å². The van der Waals surface area contributed by atoms with E-state index in [4.69, 9.17) is 0 Å². The number of aromatic nitrogens is 2. The zero-order valence-corrected chi connectivity index (χ0v) is 14.5. The van der Waals surface area contributed by atoms with Crippen molar-refractivity contribution < 1.29 is 9.53 Å². The molecule has 7 heteroatoms. The Balaban J connectivity index is 1.86. The Labute approximate surface area is 146 Å². The minimum Gasteiger partial charge on any atom is -0.468 e. The highest BCUT2D eigenvalue weighted by Crippen LogP contribution is 2.25. The molecule has 24 heavy (non-hydrogen) atoms. The predicted octanol–water partition coefficient (Wildman–Crippen LogP) is 3.12. The van der Waals surface area contributed by atoms with E-state index >= 15 is 0 Å². The molecule has 0 bridgehead atoms. The molecular formula is C17H14N2O3S2. The number of rotatable bonds is 5. The number of benzene rings is 1. The van der Waals surface area contributed by atoms with Crippen molar-refractivity contribution in [2.45, 2.75) is 5.75 Å². The number of fused-ring (bicyclic) bond motifs is 1. The molecule has 0 fully saturated rings. The molecule has 0 aliphatic rings. The van der Waals surface area contributed by atoms with E-state index in [1.165, 1.54) is 30.2 Å². The maximum atomic E-state index is 12.2. The lowest BCUT2D eigenvalue weighted by Crippen LogP contribution is -2.06. The van der Waals surface area contributed by atoms with E-state index < -0.39 is 0 Å². The molecule has 122 valence electrons. The number of hydrogen-bond acceptors (Lipinski definition) is 7. The fourth-order valence-corrected chi connectivity index (χ4v) is 3.82. The number of carbonyl (C=O) groups is 1. The fraction of sp³-hybridized carbons (Fsp3) is 0.176. The molecule has 0 saturated heterocycles. The summed E-state index contributed by atoms with van der Waals surface area (Å²) in [6.07, 6.45) is 0. The third-order valence-corrected chi connectivity index (χ3v) is 5.26. The quantitative estimate of drug-likeness (QED) is 0.653. The molecule has 3 aromatic rings. The van der Waals surface area contributed by atoms with Gasteiger partial charge in [0.2, 0.25) is 0 Å². The van der Waals surface area contributed by atoms with Gasteiger partial charge in [0.25, 0.3) is 5.56 Å². The van der Waals surface area contributed by atoms with Gasteiger partial charge in [0.1, 0.15) is 5.01 Å². The van der Waals surface area contributed by atoms with E-state index in [9.17, 15) is 9.59 Å². The van der Waals surface area contributed by atoms with Gasteiger partial charge in [-0.05, 0) is 24.3 Å². The summed E-state index contributed by atoms with van der Waals surface area (Å²) < 4.78 is 5.50. The van der Waals surface area contributed by atoms with Crippen LogP contribution >= 0.6 is 23.1 Å². The summed E-state index contributed by atoms with van der Waals surface area (Å²) in [7, 11) is 1.37. The summed E-state index contributed by atoms with van der Waals surface area (Å²) in [5.74, 6) is 0.612. The Morgan fingerprint density at radius 3 is 2.83 bits per heavy atom. The molecule has 2 heterocycles. The van der Waals surface area contributed by atoms with E-state index in [1.54, 1.807) is 6.07 Å². The van der Waals surface area contributed by atoms with Crippen LogP contribution in [0.1, 0.15) is 5.69 Å². The third kappa shape index (κ3) is 3.80. The summed E-state index contributed by atoms with van der Waals surface area (Å²) in [5, 5.41) is 1.22. The zero-order chi connectivity index (χ0) is 16.9. The van der Waals surface area contributed by atoms with Crippen LogP contribution in [0.15, 0.2) is 47.3 Å². The van der Waals surface area contributed by atoms with Crippen LogP contribution in [0, 0.1) is 0 Å². The van der Waals surface area contributed by atoms with Crippen molar-refractivity contribution in [2.75, 3.05) is 12.9 Å². The van der Waals surface area contributed by atoms with Crippen LogP contribution in [0.5, 0.6) is 0 Å². The molecular weight excluding hydrogens is 344 g/mol. The van der Waals surface area contributed by atoms with Crippen molar-refractivity contribution in [1.82, 2.24) is 9.97 Å². The molecule has 2 aromatic heterocycles. The molecule has 0 amide bonds. The first-order valence-corrected chi connectivity index (χ1v) is 9.15. The van der Waals surface area contributed by atoms with Gasteiger partial charge in [-0.3, -0.25) is 9.59 Å². The molecule has 1 aromatic carbocycles. The number of pyridine rings is 1. The molecule has 3 rings (SSSR count). The van der Waals surface area contributed by atoms with Crippen LogP contribution in [-0.4, -0.2) is 28.8 Å². The molecule has 0 spiro atoms. The zero-order valence-electron chi connectivity index (χ0n) is 12.9. The molecule has 0 aliphatic carbocycles. The van der Waals surface area contributed by atoms with Crippen LogP contribution < -0.4 is 5.56 Å². The number of hydrogen-bond donors (Lipinski definition) is 0. The normalized spacial score (nSPS) is 10.7. The standard InChI is InChI=1S/C17H14N2O3S2/c1-22-15(20)10-23-9-11-5-4-7-13(18-11)17-19-16(21)12-6-2-3-8-14(12)24-17/h2-8H,9-10H2,1H3. The second-order valence-corrected chi connectivity index (χ2v) is 6.92. The summed E-state index contributed by atoms with van der Waals surface area (Å²) in [6.45, 7) is 0. The average molecular weight is 358 g/mol. The van der Waals surface area contributed by atoms with Gasteiger partial charge >= 0.3 is 5.97 Å². The van der Waals surface area contributed by atoms with Crippen molar-refractivity contribution in [3.8, 4) is 10.7 Å². The first-order chi connectivity index (χ1) is 11.7. The molecule has 5 nitrogen and oxygen atoms in total. The first-order valence-electron chi connectivity index (χ1n) is 7.18. The Bertz CT molecular complexity index is 940. The van der Waals surface area contributed by atoms with Crippen molar-refractivity contribution in [2.24, 2.45) is 0 Å². The number of ether oxygens (including phenoxy) is 1. The van der Waals surface area contributed by atoms with Crippen LogP contribution in [0.25, 0.3) is 20.8 Å². The van der Waals surface area contributed by atoms with E-state index in [2.05, 4.69) is 14.7 Å². The maximum Gasteiger partial charge on any atom is 0.315 e. The summed E-state index contributed by atoms with van der Waals surface area (Å²) >= 11 is 2.87. The van der Waals surface area contributed by atoms with Gasteiger partial charge in [-0.25, -0.2) is 4.98 Å². The summed E-state index contributed by atoms with van der Waals surface area (Å²) in [4.78, 5) is 32.0. The number of carbonyl (C=O) groups excluding carboxylic acids is 1. The van der Waals surface area contributed by atoms with Gasteiger partial charge in [-0.2, -0.15) is 4.98 Å². The molecule has 0 saturated carbocycles. The smallest absolute Gasteiger partial charge is 0.315 e. The average Bonchev–Trinajstić information content (AvgIpc) is 2.62. The number of thioether (sulfide) groups is 1. The molecule has 0 N–H and O–H groups in total. The molecule has 0 unspecified atom stereocenters. The van der Waals surface area contributed by atoms with Crippen LogP contribution in [0.4, 0.5) is 0 Å².